The molecule has 2 aromatic rings. The molecule has 25 heavy (non-hydrogen) atoms. The molecule has 1 aliphatic heterocycles. The highest BCUT2D eigenvalue weighted by Crippen LogP contribution is 2.19. The Bertz CT molecular complexity index is 749. The predicted octanol–water partition coefficient (Wildman–Crippen LogP) is 4.00. The normalized spacial score (nSPS) is 15.9. The van der Waals surface area contributed by atoms with Crippen LogP contribution in [0.5, 0.6) is 0 Å². The van der Waals surface area contributed by atoms with E-state index in [2.05, 4.69) is 22.3 Å². The second kappa shape index (κ2) is 8.13. The number of hydrogen-bond acceptors (Lipinski definition) is 4. The van der Waals surface area contributed by atoms with E-state index in [1.54, 1.807) is 12.1 Å². The van der Waals surface area contributed by atoms with Crippen molar-refractivity contribution in [2.45, 2.75) is 32.4 Å². The number of rotatable bonds is 5. The quantitative estimate of drug-likeness (QED) is 0.802. The molecule has 0 unspecified atom stereocenters. The Morgan fingerprint density at radius 3 is 2.36 bits per heavy atom. The number of carbonyl (C=O) groups is 2. The van der Waals surface area contributed by atoms with E-state index in [4.69, 9.17) is 11.6 Å². The highest BCUT2D eigenvalue weighted by molar-refractivity contribution is 7.15. The van der Waals surface area contributed by atoms with E-state index in [1.807, 2.05) is 12.1 Å². The summed E-state index contributed by atoms with van der Waals surface area (Å²) in [4.78, 5) is 27.3. The first-order valence-corrected chi connectivity index (χ1v) is 9.59. The lowest BCUT2D eigenvalue weighted by atomic mass is 10.0. The van der Waals surface area contributed by atoms with E-state index in [1.165, 1.54) is 23.8 Å². The van der Waals surface area contributed by atoms with Crippen LogP contribution in [0.3, 0.4) is 0 Å². The van der Waals surface area contributed by atoms with Gasteiger partial charge in [-0.05, 0) is 49.6 Å². The number of benzene rings is 1. The number of ketones is 1. The van der Waals surface area contributed by atoms with Crippen LogP contribution < -0.4 is 5.32 Å². The van der Waals surface area contributed by atoms with Gasteiger partial charge in [0.2, 0.25) is 0 Å². The largest absolute Gasteiger partial charge is 0.349 e. The standard InChI is InChI=1S/C19H21ClN2O2S/c1-13(23)17-6-7-18(25-17)19(24)21-16-8-10-22(11-9-16)12-14-2-4-15(20)5-3-14/h2-7,16H,8-12H2,1H3,(H,21,24). The van der Waals surface area contributed by atoms with Crippen molar-refractivity contribution in [3.05, 3.63) is 56.7 Å². The molecular formula is C19H21ClN2O2S. The van der Waals surface area contributed by atoms with Crippen LogP contribution in [-0.2, 0) is 6.54 Å². The minimum atomic E-state index is -0.0753. The van der Waals surface area contributed by atoms with Gasteiger partial charge in [-0.25, -0.2) is 0 Å². The van der Waals surface area contributed by atoms with Crippen molar-refractivity contribution in [2.75, 3.05) is 13.1 Å². The number of hydrogen-bond donors (Lipinski definition) is 1. The molecule has 0 saturated carbocycles. The van der Waals surface area contributed by atoms with Gasteiger partial charge in [0.1, 0.15) is 0 Å². The van der Waals surface area contributed by atoms with Gasteiger partial charge in [0.15, 0.2) is 5.78 Å². The van der Waals surface area contributed by atoms with Gasteiger partial charge >= 0.3 is 0 Å². The fourth-order valence-corrected chi connectivity index (χ4v) is 3.92. The highest BCUT2D eigenvalue weighted by Gasteiger charge is 2.22. The van der Waals surface area contributed by atoms with Crippen molar-refractivity contribution in [3.8, 4) is 0 Å². The SMILES string of the molecule is CC(=O)c1ccc(C(=O)NC2CCN(Cc3ccc(Cl)cc3)CC2)s1. The van der Waals surface area contributed by atoms with Crippen molar-refractivity contribution in [1.29, 1.82) is 0 Å². The molecule has 4 nitrogen and oxygen atoms in total. The molecule has 0 aliphatic carbocycles. The maximum absolute atomic E-state index is 12.3. The summed E-state index contributed by atoms with van der Waals surface area (Å²) in [6, 6.07) is 11.6. The number of amides is 1. The van der Waals surface area contributed by atoms with Crippen molar-refractivity contribution >= 4 is 34.6 Å². The molecule has 0 radical (unpaired) electrons. The number of thiophene rings is 1. The Morgan fingerprint density at radius 2 is 1.76 bits per heavy atom. The van der Waals surface area contributed by atoms with E-state index in [-0.39, 0.29) is 17.7 Å². The number of nitrogens with one attached hydrogen (secondary N) is 1. The Kier molecular flexibility index (Phi) is 5.89. The lowest BCUT2D eigenvalue weighted by molar-refractivity contribution is 0.0912. The summed E-state index contributed by atoms with van der Waals surface area (Å²) in [6.45, 7) is 4.34. The second-order valence-electron chi connectivity index (χ2n) is 6.37. The molecule has 1 amide bonds. The summed E-state index contributed by atoms with van der Waals surface area (Å²) in [5.74, 6) is -0.0757. The van der Waals surface area contributed by atoms with E-state index in [9.17, 15) is 9.59 Å². The van der Waals surface area contributed by atoms with Crippen molar-refractivity contribution in [3.63, 3.8) is 0 Å². The first-order chi connectivity index (χ1) is 12.0. The second-order valence-corrected chi connectivity index (χ2v) is 7.89. The third-order valence-corrected chi connectivity index (χ3v) is 5.86. The topological polar surface area (TPSA) is 49.4 Å². The summed E-state index contributed by atoms with van der Waals surface area (Å²) in [5.41, 5.74) is 1.25. The van der Waals surface area contributed by atoms with Gasteiger partial charge in [-0.1, -0.05) is 23.7 Å². The Morgan fingerprint density at radius 1 is 1.12 bits per heavy atom. The fraction of sp³-hybridized carbons (Fsp3) is 0.368. The zero-order valence-electron chi connectivity index (χ0n) is 14.1. The third kappa shape index (κ3) is 4.91. The van der Waals surface area contributed by atoms with Crippen LogP contribution in [0.15, 0.2) is 36.4 Å². The Hall–Kier alpha value is -1.69. The first-order valence-electron chi connectivity index (χ1n) is 8.39. The molecule has 0 spiro atoms. The van der Waals surface area contributed by atoms with E-state index < -0.39 is 0 Å². The minimum Gasteiger partial charge on any atom is -0.349 e. The first kappa shape index (κ1) is 18.1. The number of piperidine rings is 1. The van der Waals surface area contributed by atoms with Gasteiger partial charge < -0.3 is 5.32 Å². The molecule has 1 fully saturated rings. The lowest BCUT2D eigenvalue weighted by Crippen LogP contribution is -2.44. The molecule has 3 rings (SSSR count). The van der Waals surface area contributed by atoms with Crippen molar-refractivity contribution in [2.24, 2.45) is 0 Å². The summed E-state index contributed by atoms with van der Waals surface area (Å²) in [7, 11) is 0. The zero-order valence-corrected chi connectivity index (χ0v) is 15.7. The number of likely N-dealkylation sites (tertiary alicyclic amines) is 1. The molecule has 1 saturated heterocycles. The monoisotopic (exact) mass is 376 g/mol. The number of halogens is 1. The predicted molar refractivity (Wildman–Crippen MR) is 102 cm³/mol. The van der Waals surface area contributed by atoms with Crippen molar-refractivity contribution in [1.82, 2.24) is 10.2 Å². The molecule has 1 aromatic heterocycles. The Labute approximate surface area is 156 Å². The summed E-state index contributed by atoms with van der Waals surface area (Å²) in [6.07, 6.45) is 1.87. The van der Waals surface area contributed by atoms with Crippen LogP contribution in [0.2, 0.25) is 5.02 Å². The molecule has 1 aliphatic rings. The van der Waals surface area contributed by atoms with E-state index >= 15 is 0 Å². The highest BCUT2D eigenvalue weighted by atomic mass is 35.5. The van der Waals surface area contributed by atoms with E-state index in [0.717, 1.165) is 37.5 Å². The Balaban J connectivity index is 1.47. The van der Waals surface area contributed by atoms with Gasteiger partial charge in [0.05, 0.1) is 9.75 Å². The molecule has 2 heterocycles. The molecule has 0 atom stereocenters. The smallest absolute Gasteiger partial charge is 0.261 e. The molecule has 0 bridgehead atoms. The molecule has 1 aromatic carbocycles. The van der Waals surface area contributed by atoms with Crippen LogP contribution in [0.4, 0.5) is 0 Å². The van der Waals surface area contributed by atoms with Crippen LogP contribution in [0.1, 0.15) is 44.7 Å². The molecule has 1 N–H and O–H groups in total. The van der Waals surface area contributed by atoms with E-state index in [0.29, 0.717) is 9.75 Å². The van der Waals surface area contributed by atoms with Gasteiger partial charge in [-0.2, -0.15) is 0 Å². The molecule has 132 valence electrons. The number of nitrogens with zero attached hydrogens (tertiary/aromatic N) is 1. The maximum Gasteiger partial charge on any atom is 0.261 e. The van der Waals surface area contributed by atoms with Crippen LogP contribution in [0, 0.1) is 0 Å². The van der Waals surface area contributed by atoms with Crippen LogP contribution in [-0.4, -0.2) is 35.7 Å². The van der Waals surface area contributed by atoms with Gasteiger partial charge in [-0.3, -0.25) is 14.5 Å². The lowest BCUT2D eigenvalue weighted by Gasteiger charge is -2.32. The fourth-order valence-electron chi connectivity index (χ4n) is 2.99. The molecular weight excluding hydrogens is 356 g/mol. The average Bonchev–Trinajstić information content (AvgIpc) is 3.09. The van der Waals surface area contributed by atoms with Crippen LogP contribution in [0.25, 0.3) is 0 Å². The van der Waals surface area contributed by atoms with Gasteiger partial charge in [-0.15, -0.1) is 11.3 Å². The van der Waals surface area contributed by atoms with Crippen LogP contribution >= 0.6 is 22.9 Å². The number of Topliss-reactive ketones (excluding diaryl/α,β-unsaturated/α-hetero) is 1. The van der Waals surface area contributed by atoms with Crippen molar-refractivity contribution < 1.29 is 9.59 Å². The third-order valence-electron chi connectivity index (χ3n) is 4.42. The summed E-state index contributed by atoms with van der Waals surface area (Å²) >= 11 is 7.18. The van der Waals surface area contributed by atoms with Gasteiger partial charge in [0, 0.05) is 30.7 Å². The minimum absolute atomic E-state index is 0.000410. The zero-order chi connectivity index (χ0) is 17.8. The van der Waals surface area contributed by atoms with Gasteiger partial charge in [0.25, 0.3) is 5.91 Å². The maximum atomic E-state index is 12.3. The summed E-state index contributed by atoms with van der Waals surface area (Å²) < 4.78 is 0. The number of carbonyl (C=O) groups excluding carboxylic acids is 2. The average molecular weight is 377 g/mol. The summed E-state index contributed by atoms with van der Waals surface area (Å²) in [5, 5.41) is 3.85. The molecule has 6 heteroatoms.